The van der Waals surface area contributed by atoms with Gasteiger partial charge < -0.3 is 10.1 Å². The fourth-order valence-corrected chi connectivity index (χ4v) is 2.07. The van der Waals surface area contributed by atoms with Crippen molar-refractivity contribution in [1.82, 2.24) is 4.98 Å². The molecule has 1 N–H and O–H groups in total. The standard InChI is InChI=1S/C15H15BrN2O2/c1-3-20-13-9-10(2)7-8-11(13)18-15(19)12-5-4-6-14(16)17-12/h4-9H,3H2,1-2H3,(H,18,19). The lowest BCUT2D eigenvalue weighted by Crippen LogP contribution is -2.14. The van der Waals surface area contributed by atoms with E-state index in [9.17, 15) is 4.79 Å². The second-order valence-electron chi connectivity index (χ2n) is 4.23. The topological polar surface area (TPSA) is 51.2 Å². The van der Waals surface area contributed by atoms with Gasteiger partial charge in [-0.2, -0.15) is 0 Å². The van der Waals surface area contributed by atoms with Crippen molar-refractivity contribution in [3.63, 3.8) is 0 Å². The molecule has 0 saturated heterocycles. The van der Waals surface area contributed by atoms with Crippen LogP contribution in [0.25, 0.3) is 0 Å². The number of aromatic nitrogens is 1. The maximum Gasteiger partial charge on any atom is 0.274 e. The largest absolute Gasteiger partial charge is 0.492 e. The molecule has 1 heterocycles. The molecule has 5 heteroatoms. The van der Waals surface area contributed by atoms with Crippen LogP contribution >= 0.6 is 15.9 Å². The summed E-state index contributed by atoms with van der Waals surface area (Å²) in [6.07, 6.45) is 0. The number of rotatable bonds is 4. The fourth-order valence-electron chi connectivity index (χ4n) is 1.73. The molecule has 2 rings (SSSR count). The van der Waals surface area contributed by atoms with Crippen molar-refractivity contribution in [2.24, 2.45) is 0 Å². The van der Waals surface area contributed by atoms with Crippen LogP contribution in [0.2, 0.25) is 0 Å². The Hall–Kier alpha value is -1.88. The summed E-state index contributed by atoms with van der Waals surface area (Å²) in [6.45, 7) is 4.43. The molecular weight excluding hydrogens is 320 g/mol. The minimum Gasteiger partial charge on any atom is -0.492 e. The van der Waals surface area contributed by atoms with Crippen molar-refractivity contribution in [3.8, 4) is 5.75 Å². The summed E-state index contributed by atoms with van der Waals surface area (Å²) in [7, 11) is 0. The Morgan fingerprint density at radius 2 is 2.15 bits per heavy atom. The monoisotopic (exact) mass is 334 g/mol. The third-order valence-electron chi connectivity index (χ3n) is 2.63. The normalized spacial score (nSPS) is 10.2. The lowest BCUT2D eigenvalue weighted by molar-refractivity contribution is 0.102. The van der Waals surface area contributed by atoms with Crippen LogP contribution in [0.3, 0.4) is 0 Å². The molecule has 0 fully saturated rings. The Morgan fingerprint density at radius 3 is 2.85 bits per heavy atom. The summed E-state index contributed by atoms with van der Waals surface area (Å²) < 4.78 is 6.16. The number of anilines is 1. The van der Waals surface area contributed by atoms with E-state index >= 15 is 0 Å². The van der Waals surface area contributed by atoms with E-state index in [2.05, 4.69) is 26.2 Å². The average molecular weight is 335 g/mol. The zero-order valence-corrected chi connectivity index (χ0v) is 12.9. The number of amides is 1. The summed E-state index contributed by atoms with van der Waals surface area (Å²) in [4.78, 5) is 16.3. The first-order valence-corrected chi connectivity index (χ1v) is 7.07. The lowest BCUT2D eigenvalue weighted by Gasteiger charge is -2.12. The summed E-state index contributed by atoms with van der Waals surface area (Å²) >= 11 is 3.25. The summed E-state index contributed by atoms with van der Waals surface area (Å²) in [5.41, 5.74) is 2.07. The SMILES string of the molecule is CCOc1cc(C)ccc1NC(=O)c1cccc(Br)n1. The van der Waals surface area contributed by atoms with E-state index < -0.39 is 0 Å². The number of pyridine rings is 1. The van der Waals surface area contributed by atoms with Gasteiger partial charge in [0, 0.05) is 0 Å². The van der Waals surface area contributed by atoms with E-state index in [1.54, 1.807) is 18.2 Å². The molecule has 0 bridgehead atoms. The number of nitrogens with one attached hydrogen (secondary N) is 1. The molecule has 2 aromatic rings. The predicted octanol–water partition coefficient (Wildman–Crippen LogP) is 3.80. The number of aryl methyl sites for hydroxylation is 1. The molecule has 0 spiro atoms. The van der Waals surface area contributed by atoms with Crippen LogP contribution in [-0.4, -0.2) is 17.5 Å². The summed E-state index contributed by atoms with van der Waals surface area (Å²) in [6, 6.07) is 10.9. The highest BCUT2D eigenvalue weighted by atomic mass is 79.9. The molecule has 0 radical (unpaired) electrons. The Kier molecular flexibility index (Phi) is 4.74. The van der Waals surface area contributed by atoms with E-state index in [4.69, 9.17) is 4.74 Å². The summed E-state index contributed by atoms with van der Waals surface area (Å²) in [5.74, 6) is 0.395. The number of carbonyl (C=O) groups is 1. The molecule has 0 aliphatic carbocycles. The molecule has 104 valence electrons. The van der Waals surface area contributed by atoms with Crippen molar-refractivity contribution in [3.05, 3.63) is 52.3 Å². The Morgan fingerprint density at radius 1 is 1.35 bits per heavy atom. The molecule has 0 saturated carbocycles. The number of hydrogen-bond donors (Lipinski definition) is 1. The molecule has 1 aromatic heterocycles. The molecule has 0 atom stereocenters. The molecule has 1 aromatic carbocycles. The molecular formula is C15H15BrN2O2. The Labute approximate surface area is 126 Å². The smallest absolute Gasteiger partial charge is 0.274 e. The number of halogens is 1. The Bertz CT molecular complexity index is 629. The molecule has 0 aliphatic heterocycles. The van der Waals surface area contributed by atoms with E-state index in [0.29, 0.717) is 28.3 Å². The van der Waals surface area contributed by atoms with E-state index in [1.807, 2.05) is 32.0 Å². The van der Waals surface area contributed by atoms with Gasteiger partial charge in [-0.25, -0.2) is 4.98 Å². The van der Waals surface area contributed by atoms with E-state index in [1.165, 1.54) is 0 Å². The van der Waals surface area contributed by atoms with Crippen molar-refractivity contribution >= 4 is 27.5 Å². The number of nitrogens with zero attached hydrogens (tertiary/aromatic N) is 1. The number of benzene rings is 1. The Balaban J connectivity index is 2.23. The van der Waals surface area contributed by atoms with Gasteiger partial charge in [-0.05, 0) is 59.6 Å². The van der Waals surface area contributed by atoms with Gasteiger partial charge in [-0.15, -0.1) is 0 Å². The van der Waals surface area contributed by atoms with Crippen LogP contribution < -0.4 is 10.1 Å². The highest BCUT2D eigenvalue weighted by Crippen LogP contribution is 2.26. The predicted molar refractivity (Wildman–Crippen MR) is 82.2 cm³/mol. The van der Waals surface area contributed by atoms with Gasteiger partial charge in [0.05, 0.1) is 12.3 Å². The highest BCUT2D eigenvalue weighted by molar-refractivity contribution is 9.10. The number of hydrogen-bond acceptors (Lipinski definition) is 3. The van der Waals surface area contributed by atoms with Gasteiger partial charge in [-0.3, -0.25) is 4.79 Å². The fraction of sp³-hybridized carbons (Fsp3) is 0.200. The van der Waals surface area contributed by atoms with Crippen LogP contribution in [0.15, 0.2) is 41.0 Å². The minimum atomic E-state index is -0.267. The van der Waals surface area contributed by atoms with Crippen molar-refractivity contribution < 1.29 is 9.53 Å². The van der Waals surface area contributed by atoms with Gasteiger partial charge in [-0.1, -0.05) is 12.1 Å². The lowest BCUT2D eigenvalue weighted by atomic mass is 10.2. The second kappa shape index (κ2) is 6.52. The van der Waals surface area contributed by atoms with Gasteiger partial charge in [0.2, 0.25) is 0 Å². The third kappa shape index (κ3) is 3.57. The van der Waals surface area contributed by atoms with Crippen LogP contribution in [0, 0.1) is 6.92 Å². The van der Waals surface area contributed by atoms with E-state index in [0.717, 1.165) is 5.56 Å². The van der Waals surface area contributed by atoms with Crippen LogP contribution in [0.4, 0.5) is 5.69 Å². The highest BCUT2D eigenvalue weighted by Gasteiger charge is 2.11. The first-order chi connectivity index (χ1) is 9.60. The maximum atomic E-state index is 12.2. The van der Waals surface area contributed by atoms with Crippen molar-refractivity contribution in [2.45, 2.75) is 13.8 Å². The zero-order chi connectivity index (χ0) is 14.5. The molecule has 0 aliphatic rings. The van der Waals surface area contributed by atoms with Gasteiger partial charge in [0.15, 0.2) is 0 Å². The molecule has 20 heavy (non-hydrogen) atoms. The van der Waals surface area contributed by atoms with Crippen molar-refractivity contribution in [1.29, 1.82) is 0 Å². The van der Waals surface area contributed by atoms with Gasteiger partial charge in [0.25, 0.3) is 5.91 Å². The molecule has 4 nitrogen and oxygen atoms in total. The average Bonchev–Trinajstić information content (AvgIpc) is 2.42. The van der Waals surface area contributed by atoms with E-state index in [-0.39, 0.29) is 5.91 Å². The van der Waals surface area contributed by atoms with Gasteiger partial charge >= 0.3 is 0 Å². The summed E-state index contributed by atoms with van der Waals surface area (Å²) in [5, 5.41) is 2.82. The van der Waals surface area contributed by atoms with Crippen molar-refractivity contribution in [2.75, 3.05) is 11.9 Å². The maximum absolute atomic E-state index is 12.2. The number of ether oxygens (including phenoxy) is 1. The quantitative estimate of drug-likeness (QED) is 0.865. The molecule has 0 unspecified atom stereocenters. The number of carbonyl (C=O) groups excluding carboxylic acids is 1. The van der Waals surface area contributed by atoms with Crippen LogP contribution in [0.1, 0.15) is 23.0 Å². The third-order valence-corrected chi connectivity index (χ3v) is 3.07. The van der Waals surface area contributed by atoms with Crippen LogP contribution in [0.5, 0.6) is 5.75 Å². The van der Waals surface area contributed by atoms with Gasteiger partial charge in [0.1, 0.15) is 16.0 Å². The second-order valence-corrected chi connectivity index (χ2v) is 5.04. The minimum absolute atomic E-state index is 0.267. The molecule has 1 amide bonds. The zero-order valence-electron chi connectivity index (χ0n) is 11.3. The first kappa shape index (κ1) is 14.5. The first-order valence-electron chi connectivity index (χ1n) is 6.27. The van der Waals surface area contributed by atoms with Crippen LogP contribution in [-0.2, 0) is 0 Å².